The number of hydrogen-bond donors (Lipinski definition) is 0. The maximum absolute atomic E-state index is 12.6. The Labute approximate surface area is 118 Å². The topological polar surface area (TPSA) is 29.5 Å². The van der Waals surface area contributed by atoms with Gasteiger partial charge in [0, 0.05) is 22.6 Å². The normalized spacial score (nSPS) is 21.2. The van der Waals surface area contributed by atoms with Gasteiger partial charge in [0.05, 0.1) is 0 Å². The van der Waals surface area contributed by atoms with Gasteiger partial charge in [-0.3, -0.25) is 4.79 Å². The zero-order valence-corrected chi connectivity index (χ0v) is 13.9. The second-order valence-corrected chi connectivity index (χ2v) is 8.41. The molecule has 3 heteroatoms. The van der Waals surface area contributed by atoms with E-state index in [1.54, 1.807) is 0 Å². The standard InChI is InChI=1S/C16H29NO2/c1-14(2,3)11-10-17(16(7,8)9)13(19-11)12(18)15(4,5)6/h10,13H,1-9H3. The number of allylic oxidation sites excluding steroid dienone is 1. The summed E-state index contributed by atoms with van der Waals surface area (Å²) >= 11 is 0. The Morgan fingerprint density at radius 2 is 1.53 bits per heavy atom. The maximum atomic E-state index is 12.6. The van der Waals surface area contributed by atoms with Crippen LogP contribution in [0.1, 0.15) is 62.3 Å². The van der Waals surface area contributed by atoms with E-state index in [1.807, 2.05) is 31.9 Å². The Morgan fingerprint density at radius 1 is 1.05 bits per heavy atom. The molecule has 0 saturated carbocycles. The second-order valence-electron chi connectivity index (χ2n) is 8.41. The molecule has 0 bridgehead atoms. The average Bonchev–Trinajstić information content (AvgIpc) is 2.57. The number of hydrogen-bond acceptors (Lipinski definition) is 3. The molecule has 0 amide bonds. The van der Waals surface area contributed by atoms with Gasteiger partial charge in [-0.2, -0.15) is 0 Å². The van der Waals surface area contributed by atoms with Gasteiger partial charge in [-0.05, 0) is 20.8 Å². The highest BCUT2D eigenvalue weighted by Crippen LogP contribution is 2.38. The van der Waals surface area contributed by atoms with Crippen LogP contribution in [-0.2, 0) is 9.53 Å². The fraction of sp³-hybridized carbons (Fsp3) is 0.812. The number of ether oxygens (including phenoxy) is 1. The van der Waals surface area contributed by atoms with Crippen LogP contribution in [0.5, 0.6) is 0 Å². The van der Waals surface area contributed by atoms with Crippen molar-refractivity contribution in [3.8, 4) is 0 Å². The summed E-state index contributed by atoms with van der Waals surface area (Å²) in [5.41, 5.74) is -0.635. The number of nitrogens with zero attached hydrogens (tertiary/aromatic N) is 1. The molecule has 0 aromatic rings. The van der Waals surface area contributed by atoms with Crippen LogP contribution in [0.3, 0.4) is 0 Å². The van der Waals surface area contributed by atoms with Crippen LogP contribution in [0.25, 0.3) is 0 Å². The third-order valence-electron chi connectivity index (χ3n) is 3.22. The summed E-state index contributed by atoms with van der Waals surface area (Å²) in [6.07, 6.45) is 1.50. The fourth-order valence-electron chi connectivity index (χ4n) is 1.87. The average molecular weight is 267 g/mol. The minimum absolute atomic E-state index is 0.0869. The van der Waals surface area contributed by atoms with Crippen molar-refractivity contribution in [2.75, 3.05) is 0 Å². The first kappa shape index (κ1) is 16.1. The molecule has 19 heavy (non-hydrogen) atoms. The Morgan fingerprint density at radius 3 is 1.84 bits per heavy atom. The third-order valence-corrected chi connectivity index (χ3v) is 3.22. The molecule has 0 spiro atoms. The molecule has 1 atom stereocenters. The summed E-state index contributed by atoms with van der Waals surface area (Å²) in [5.74, 6) is 1.00. The summed E-state index contributed by atoms with van der Waals surface area (Å²) in [6, 6.07) is 0. The first-order chi connectivity index (χ1) is 8.24. The zero-order chi connectivity index (χ0) is 15.2. The molecular formula is C16H29NO2. The van der Waals surface area contributed by atoms with Crippen molar-refractivity contribution in [2.24, 2.45) is 10.8 Å². The van der Waals surface area contributed by atoms with Crippen molar-refractivity contribution >= 4 is 5.78 Å². The van der Waals surface area contributed by atoms with E-state index in [9.17, 15) is 4.79 Å². The number of carbonyl (C=O) groups excluding carboxylic acids is 1. The predicted octanol–water partition coefficient (Wildman–Crippen LogP) is 3.95. The summed E-state index contributed by atoms with van der Waals surface area (Å²) in [6.45, 7) is 18.4. The van der Waals surface area contributed by atoms with E-state index in [2.05, 4.69) is 41.5 Å². The Bertz CT molecular complexity index is 388. The predicted molar refractivity (Wildman–Crippen MR) is 78.5 cm³/mol. The lowest BCUT2D eigenvalue weighted by Crippen LogP contribution is -2.49. The molecule has 0 N–H and O–H groups in total. The highest BCUT2D eigenvalue weighted by molar-refractivity contribution is 5.88. The minimum Gasteiger partial charge on any atom is -0.465 e. The first-order valence-corrected chi connectivity index (χ1v) is 6.96. The smallest absolute Gasteiger partial charge is 0.232 e. The largest absolute Gasteiger partial charge is 0.465 e. The van der Waals surface area contributed by atoms with Crippen LogP contribution in [0.15, 0.2) is 12.0 Å². The number of ketones is 1. The zero-order valence-electron chi connectivity index (χ0n) is 13.9. The molecular weight excluding hydrogens is 238 g/mol. The number of rotatable bonds is 1. The van der Waals surface area contributed by atoms with Crippen LogP contribution < -0.4 is 0 Å². The first-order valence-electron chi connectivity index (χ1n) is 6.96. The van der Waals surface area contributed by atoms with Gasteiger partial charge in [-0.15, -0.1) is 0 Å². The van der Waals surface area contributed by atoms with Crippen molar-refractivity contribution < 1.29 is 9.53 Å². The highest BCUT2D eigenvalue weighted by Gasteiger charge is 2.44. The van der Waals surface area contributed by atoms with Gasteiger partial charge in [0.25, 0.3) is 0 Å². The second kappa shape index (κ2) is 4.53. The van der Waals surface area contributed by atoms with Crippen molar-refractivity contribution in [2.45, 2.75) is 74.1 Å². The lowest BCUT2D eigenvalue weighted by Gasteiger charge is -2.37. The molecule has 1 heterocycles. The molecule has 110 valence electrons. The van der Waals surface area contributed by atoms with Crippen molar-refractivity contribution in [3.05, 3.63) is 12.0 Å². The molecule has 0 aromatic heterocycles. The molecule has 1 rings (SSSR count). The van der Waals surface area contributed by atoms with E-state index in [1.165, 1.54) is 0 Å². The van der Waals surface area contributed by atoms with Crippen LogP contribution >= 0.6 is 0 Å². The van der Waals surface area contributed by atoms with Crippen molar-refractivity contribution in [3.63, 3.8) is 0 Å². The minimum atomic E-state index is -0.505. The Kier molecular flexibility index (Phi) is 3.83. The lowest BCUT2D eigenvalue weighted by molar-refractivity contribution is -0.145. The van der Waals surface area contributed by atoms with Crippen molar-refractivity contribution in [1.29, 1.82) is 0 Å². The van der Waals surface area contributed by atoms with Gasteiger partial charge in [-0.1, -0.05) is 41.5 Å². The van der Waals surface area contributed by atoms with Crippen LogP contribution in [0, 0.1) is 10.8 Å². The Balaban J connectivity index is 3.12. The molecule has 1 aliphatic rings. The van der Waals surface area contributed by atoms with Gasteiger partial charge < -0.3 is 9.64 Å². The van der Waals surface area contributed by atoms with Crippen LogP contribution in [0.2, 0.25) is 0 Å². The molecule has 0 saturated heterocycles. The molecule has 0 fully saturated rings. The third kappa shape index (κ3) is 3.52. The summed E-state index contributed by atoms with van der Waals surface area (Å²) in [7, 11) is 0. The fourth-order valence-corrected chi connectivity index (χ4v) is 1.87. The molecule has 0 aliphatic carbocycles. The monoisotopic (exact) mass is 267 g/mol. The SMILES string of the molecule is CC(C)(C)C(=O)C1OC(C(C)(C)C)=CN1C(C)(C)C. The Hall–Kier alpha value is -0.990. The van der Waals surface area contributed by atoms with E-state index in [4.69, 9.17) is 4.74 Å². The van der Waals surface area contributed by atoms with E-state index < -0.39 is 11.6 Å². The van der Waals surface area contributed by atoms with Gasteiger partial charge >= 0.3 is 0 Å². The summed E-state index contributed by atoms with van der Waals surface area (Å²) in [4.78, 5) is 14.6. The molecule has 3 nitrogen and oxygen atoms in total. The summed E-state index contributed by atoms with van der Waals surface area (Å²) in [5, 5.41) is 0. The highest BCUT2D eigenvalue weighted by atomic mass is 16.5. The van der Waals surface area contributed by atoms with Gasteiger partial charge in [0.2, 0.25) is 6.23 Å². The van der Waals surface area contributed by atoms with Gasteiger partial charge in [0.15, 0.2) is 5.78 Å². The van der Waals surface area contributed by atoms with Crippen molar-refractivity contribution in [1.82, 2.24) is 4.90 Å². The molecule has 1 unspecified atom stereocenters. The van der Waals surface area contributed by atoms with E-state index in [-0.39, 0.29) is 16.7 Å². The van der Waals surface area contributed by atoms with Gasteiger partial charge in [0.1, 0.15) is 5.76 Å². The molecule has 0 radical (unpaired) electrons. The summed E-state index contributed by atoms with van der Waals surface area (Å²) < 4.78 is 5.99. The van der Waals surface area contributed by atoms with Gasteiger partial charge in [-0.25, -0.2) is 0 Å². The van der Waals surface area contributed by atoms with E-state index >= 15 is 0 Å². The van der Waals surface area contributed by atoms with E-state index in [0.717, 1.165) is 5.76 Å². The number of Topliss-reactive ketones (excluding diaryl/α,β-unsaturated/α-hetero) is 1. The van der Waals surface area contributed by atoms with Crippen LogP contribution in [-0.4, -0.2) is 22.4 Å². The van der Waals surface area contributed by atoms with Crippen LogP contribution in [0.4, 0.5) is 0 Å². The molecule has 0 aromatic carbocycles. The number of carbonyl (C=O) groups is 1. The maximum Gasteiger partial charge on any atom is 0.232 e. The lowest BCUT2D eigenvalue weighted by atomic mass is 9.88. The quantitative estimate of drug-likeness (QED) is 0.720. The molecule has 1 aliphatic heterocycles. The van der Waals surface area contributed by atoms with E-state index in [0.29, 0.717) is 0 Å².